The summed E-state index contributed by atoms with van der Waals surface area (Å²) >= 11 is 13.0. The van der Waals surface area contributed by atoms with Crippen LogP contribution in [-0.2, 0) is 6.42 Å². The van der Waals surface area contributed by atoms with E-state index in [1.165, 1.54) is 0 Å². The molecule has 1 unspecified atom stereocenters. The third kappa shape index (κ3) is 4.06. The van der Waals surface area contributed by atoms with Crippen LogP contribution in [0.3, 0.4) is 0 Å². The van der Waals surface area contributed by atoms with E-state index in [1.807, 2.05) is 42.5 Å². The van der Waals surface area contributed by atoms with Crippen molar-refractivity contribution in [3.63, 3.8) is 0 Å². The second kappa shape index (κ2) is 6.89. The number of hydrogen-bond donors (Lipinski definition) is 1. The molecule has 0 spiro atoms. The van der Waals surface area contributed by atoms with Gasteiger partial charge in [-0.1, -0.05) is 61.7 Å². The summed E-state index contributed by atoms with van der Waals surface area (Å²) in [5.41, 5.74) is 2.16. The number of rotatable bonds is 4. The zero-order valence-corrected chi connectivity index (χ0v) is 14.0. The summed E-state index contributed by atoms with van der Waals surface area (Å²) < 4.78 is 2.00. The first kappa shape index (κ1) is 15.0. The first-order valence-corrected chi connectivity index (χ1v) is 7.87. The predicted molar refractivity (Wildman–Crippen MR) is 86.8 cm³/mol. The SMILES string of the molecule is OCC(Cc1ccc(Br)cc1Cl)c1ccc(Br)cc1. The van der Waals surface area contributed by atoms with E-state index in [-0.39, 0.29) is 12.5 Å². The van der Waals surface area contributed by atoms with Gasteiger partial charge in [0.15, 0.2) is 0 Å². The van der Waals surface area contributed by atoms with Crippen LogP contribution in [0.2, 0.25) is 5.02 Å². The molecule has 0 heterocycles. The Balaban J connectivity index is 2.21. The molecule has 1 nitrogen and oxygen atoms in total. The number of benzene rings is 2. The van der Waals surface area contributed by atoms with Crippen LogP contribution in [0.1, 0.15) is 17.0 Å². The second-order valence-corrected chi connectivity index (χ2v) is 6.61. The van der Waals surface area contributed by atoms with Crippen LogP contribution < -0.4 is 0 Å². The van der Waals surface area contributed by atoms with Gasteiger partial charge < -0.3 is 5.11 Å². The molecule has 0 radical (unpaired) electrons. The standard InChI is InChI=1S/C15H13Br2ClO/c16-13-4-1-10(2-5-13)12(9-19)7-11-3-6-14(17)8-15(11)18/h1-6,8,12,19H,7,9H2. The highest BCUT2D eigenvalue weighted by Crippen LogP contribution is 2.28. The third-order valence-electron chi connectivity index (χ3n) is 3.04. The molecule has 0 saturated carbocycles. The van der Waals surface area contributed by atoms with Gasteiger partial charge in [0, 0.05) is 19.9 Å². The molecule has 1 atom stereocenters. The molecular weight excluding hydrogens is 391 g/mol. The quantitative estimate of drug-likeness (QED) is 0.744. The van der Waals surface area contributed by atoms with E-state index in [9.17, 15) is 5.11 Å². The molecule has 0 aliphatic heterocycles. The Kier molecular flexibility index (Phi) is 5.46. The van der Waals surface area contributed by atoms with Gasteiger partial charge in [-0.3, -0.25) is 0 Å². The smallest absolute Gasteiger partial charge is 0.0502 e. The summed E-state index contributed by atoms with van der Waals surface area (Å²) in [5.74, 6) is 0.0618. The summed E-state index contributed by atoms with van der Waals surface area (Å²) in [6.45, 7) is 0.105. The second-order valence-electron chi connectivity index (χ2n) is 4.37. The first-order chi connectivity index (χ1) is 9.10. The van der Waals surface area contributed by atoms with Crippen molar-refractivity contribution in [1.82, 2.24) is 0 Å². The monoisotopic (exact) mass is 402 g/mol. The fourth-order valence-corrected chi connectivity index (χ4v) is 2.99. The maximum Gasteiger partial charge on any atom is 0.0502 e. The van der Waals surface area contributed by atoms with Gasteiger partial charge in [0.2, 0.25) is 0 Å². The molecule has 0 aliphatic carbocycles. The Bertz CT molecular complexity index is 555. The van der Waals surface area contributed by atoms with Crippen molar-refractivity contribution in [1.29, 1.82) is 0 Å². The largest absolute Gasteiger partial charge is 0.396 e. The molecule has 1 N–H and O–H groups in total. The van der Waals surface area contributed by atoms with E-state index in [0.29, 0.717) is 0 Å². The third-order valence-corrected chi connectivity index (χ3v) is 4.42. The van der Waals surface area contributed by atoms with Crippen LogP contribution in [0.25, 0.3) is 0 Å². The Morgan fingerprint density at radius 1 is 1.00 bits per heavy atom. The highest BCUT2D eigenvalue weighted by Gasteiger charge is 2.13. The van der Waals surface area contributed by atoms with Crippen molar-refractivity contribution in [3.05, 3.63) is 67.6 Å². The van der Waals surface area contributed by atoms with Gasteiger partial charge >= 0.3 is 0 Å². The normalized spacial score (nSPS) is 12.4. The molecule has 0 fully saturated rings. The van der Waals surface area contributed by atoms with Crippen molar-refractivity contribution in [2.75, 3.05) is 6.61 Å². The van der Waals surface area contributed by atoms with Crippen LogP contribution in [0.5, 0.6) is 0 Å². The van der Waals surface area contributed by atoms with Gasteiger partial charge in [-0.2, -0.15) is 0 Å². The molecule has 0 aromatic heterocycles. The molecule has 100 valence electrons. The zero-order chi connectivity index (χ0) is 13.8. The highest BCUT2D eigenvalue weighted by atomic mass is 79.9. The average molecular weight is 405 g/mol. The van der Waals surface area contributed by atoms with Gasteiger partial charge in [-0.05, 0) is 41.8 Å². The topological polar surface area (TPSA) is 20.2 Å². The Labute approximate surface area is 134 Å². The maximum atomic E-state index is 9.59. The summed E-state index contributed by atoms with van der Waals surface area (Å²) in [6.07, 6.45) is 0.726. The van der Waals surface area contributed by atoms with Gasteiger partial charge in [-0.15, -0.1) is 0 Å². The van der Waals surface area contributed by atoms with Crippen molar-refractivity contribution >= 4 is 43.5 Å². The van der Waals surface area contributed by atoms with Crippen molar-refractivity contribution in [2.45, 2.75) is 12.3 Å². The average Bonchev–Trinajstić information content (AvgIpc) is 2.39. The number of aliphatic hydroxyl groups excluding tert-OH is 1. The molecule has 0 bridgehead atoms. The minimum absolute atomic E-state index is 0.0618. The lowest BCUT2D eigenvalue weighted by Crippen LogP contribution is -2.08. The maximum absolute atomic E-state index is 9.59. The first-order valence-electron chi connectivity index (χ1n) is 5.90. The van der Waals surface area contributed by atoms with Gasteiger partial charge in [0.1, 0.15) is 0 Å². The lowest BCUT2D eigenvalue weighted by Gasteiger charge is -2.16. The van der Waals surface area contributed by atoms with Gasteiger partial charge in [0.05, 0.1) is 6.61 Å². The van der Waals surface area contributed by atoms with Crippen LogP contribution in [-0.4, -0.2) is 11.7 Å². The number of halogens is 3. The predicted octanol–water partition coefficient (Wildman–Crippen LogP) is 5.18. The molecule has 0 saturated heterocycles. The minimum atomic E-state index is 0.0618. The van der Waals surface area contributed by atoms with Crippen LogP contribution in [0, 0.1) is 0 Å². The van der Waals surface area contributed by atoms with E-state index in [0.717, 1.165) is 31.5 Å². The van der Waals surface area contributed by atoms with Gasteiger partial charge in [0.25, 0.3) is 0 Å². The van der Waals surface area contributed by atoms with E-state index < -0.39 is 0 Å². The van der Waals surface area contributed by atoms with Gasteiger partial charge in [-0.25, -0.2) is 0 Å². The minimum Gasteiger partial charge on any atom is -0.396 e. The fraction of sp³-hybridized carbons (Fsp3) is 0.200. The molecule has 2 aromatic carbocycles. The Hall–Kier alpha value is -0.350. The number of aliphatic hydroxyl groups is 1. The Morgan fingerprint density at radius 2 is 1.63 bits per heavy atom. The summed E-state index contributed by atoms with van der Waals surface area (Å²) in [5, 5.41) is 10.3. The zero-order valence-electron chi connectivity index (χ0n) is 10.1. The summed E-state index contributed by atoms with van der Waals surface area (Å²) in [4.78, 5) is 0. The Morgan fingerprint density at radius 3 is 2.21 bits per heavy atom. The van der Waals surface area contributed by atoms with Crippen LogP contribution in [0.4, 0.5) is 0 Å². The van der Waals surface area contributed by atoms with Crippen molar-refractivity contribution in [2.24, 2.45) is 0 Å². The fourth-order valence-electron chi connectivity index (χ4n) is 1.98. The van der Waals surface area contributed by atoms with Crippen molar-refractivity contribution in [3.8, 4) is 0 Å². The van der Waals surface area contributed by atoms with Crippen LogP contribution in [0.15, 0.2) is 51.4 Å². The highest BCUT2D eigenvalue weighted by molar-refractivity contribution is 9.10. The summed E-state index contributed by atoms with van der Waals surface area (Å²) in [6, 6.07) is 13.9. The molecular formula is C15H13Br2ClO. The molecule has 19 heavy (non-hydrogen) atoms. The lowest BCUT2D eigenvalue weighted by molar-refractivity contribution is 0.264. The molecule has 0 amide bonds. The molecule has 4 heteroatoms. The molecule has 2 rings (SSSR count). The lowest BCUT2D eigenvalue weighted by atomic mass is 9.93. The summed E-state index contributed by atoms with van der Waals surface area (Å²) in [7, 11) is 0. The van der Waals surface area contributed by atoms with E-state index in [1.54, 1.807) is 0 Å². The van der Waals surface area contributed by atoms with Crippen molar-refractivity contribution < 1.29 is 5.11 Å². The molecule has 2 aromatic rings. The number of hydrogen-bond acceptors (Lipinski definition) is 1. The van der Waals surface area contributed by atoms with E-state index in [4.69, 9.17) is 11.6 Å². The van der Waals surface area contributed by atoms with E-state index >= 15 is 0 Å². The van der Waals surface area contributed by atoms with Crippen LogP contribution >= 0.6 is 43.5 Å². The van der Waals surface area contributed by atoms with E-state index in [2.05, 4.69) is 31.9 Å². The molecule has 0 aliphatic rings.